The Morgan fingerprint density at radius 3 is 1.05 bits per heavy atom. The van der Waals surface area contributed by atoms with E-state index in [4.69, 9.17) is 18.9 Å². The van der Waals surface area contributed by atoms with Gasteiger partial charge in [-0.2, -0.15) is 0 Å². The van der Waals surface area contributed by atoms with E-state index in [-0.39, 0.29) is 18.9 Å². The van der Waals surface area contributed by atoms with E-state index in [9.17, 15) is 45.6 Å². The highest BCUT2D eigenvalue weighted by Gasteiger charge is 2.51. The van der Waals surface area contributed by atoms with Gasteiger partial charge in [-0.05, 0) is 57.8 Å². The van der Waals surface area contributed by atoms with Crippen LogP contribution in [0.4, 0.5) is 0 Å². The van der Waals surface area contributed by atoms with Crippen molar-refractivity contribution in [1.29, 1.82) is 0 Å². The summed E-state index contributed by atoms with van der Waals surface area (Å²) in [5.41, 5.74) is 0. The first-order chi connectivity index (χ1) is 47.1. The highest BCUT2D eigenvalue weighted by molar-refractivity contribution is 5.76. The van der Waals surface area contributed by atoms with Gasteiger partial charge in [-0.15, -0.1) is 0 Å². The minimum absolute atomic E-state index is 0.235. The molecule has 2 aliphatic heterocycles. The van der Waals surface area contributed by atoms with Crippen molar-refractivity contribution >= 4 is 5.91 Å². The zero-order valence-corrected chi connectivity index (χ0v) is 61.9. The zero-order chi connectivity index (χ0) is 69.4. The van der Waals surface area contributed by atoms with Crippen LogP contribution in [0.3, 0.4) is 0 Å². The molecule has 9 N–H and O–H groups in total. The fourth-order valence-corrected chi connectivity index (χ4v) is 13.5. The minimum atomic E-state index is -1.79. The normalized spacial score (nSPS) is 22.4. The van der Waals surface area contributed by atoms with Crippen LogP contribution < -0.4 is 5.32 Å². The lowest BCUT2D eigenvalue weighted by Crippen LogP contribution is -2.65. The Bertz CT molecular complexity index is 1800. The molecule has 14 nitrogen and oxygen atoms in total. The first-order valence-corrected chi connectivity index (χ1v) is 40.9. The number of aliphatic hydroxyl groups is 8. The van der Waals surface area contributed by atoms with Crippen molar-refractivity contribution in [3.63, 3.8) is 0 Å². The van der Waals surface area contributed by atoms with Gasteiger partial charge in [-0.3, -0.25) is 4.79 Å². The molecule has 564 valence electrons. The van der Waals surface area contributed by atoms with E-state index in [2.05, 4.69) is 55.6 Å². The van der Waals surface area contributed by atoms with Crippen LogP contribution in [0, 0.1) is 0 Å². The average Bonchev–Trinajstić information content (AvgIpc) is 0.854. The number of ether oxygens (including phenoxy) is 4. The number of hydrogen-bond acceptors (Lipinski definition) is 13. The van der Waals surface area contributed by atoms with Crippen LogP contribution >= 0.6 is 0 Å². The molecule has 96 heavy (non-hydrogen) atoms. The van der Waals surface area contributed by atoms with Gasteiger partial charge in [0.2, 0.25) is 5.91 Å². The Morgan fingerprint density at radius 1 is 0.375 bits per heavy atom. The summed E-state index contributed by atoms with van der Waals surface area (Å²) in [4.78, 5) is 13.4. The molecule has 0 aromatic carbocycles. The molecular formula is C82H153NO13. The highest BCUT2D eigenvalue weighted by atomic mass is 16.7. The van der Waals surface area contributed by atoms with Gasteiger partial charge in [0.25, 0.3) is 0 Å². The number of amides is 1. The van der Waals surface area contributed by atoms with Gasteiger partial charge in [0.05, 0.1) is 32.0 Å². The van der Waals surface area contributed by atoms with Gasteiger partial charge in [0.1, 0.15) is 48.8 Å². The van der Waals surface area contributed by atoms with Crippen molar-refractivity contribution in [2.24, 2.45) is 0 Å². The molecule has 0 saturated carbocycles. The molecule has 0 aromatic rings. The van der Waals surface area contributed by atoms with Gasteiger partial charge in [0.15, 0.2) is 12.6 Å². The molecule has 0 spiro atoms. The number of rotatable bonds is 69. The molecule has 2 saturated heterocycles. The Morgan fingerprint density at radius 2 is 0.688 bits per heavy atom. The third-order valence-electron chi connectivity index (χ3n) is 20.0. The smallest absolute Gasteiger partial charge is 0.220 e. The first kappa shape index (κ1) is 90.0. The lowest BCUT2D eigenvalue weighted by molar-refractivity contribution is -0.359. The predicted molar refractivity (Wildman–Crippen MR) is 397 cm³/mol. The average molecular weight is 1360 g/mol. The molecule has 1 amide bonds. The minimum Gasteiger partial charge on any atom is -0.394 e. The Balaban J connectivity index is 1.62. The molecule has 0 bridgehead atoms. The van der Waals surface area contributed by atoms with Crippen molar-refractivity contribution < 1.29 is 64.6 Å². The van der Waals surface area contributed by atoms with E-state index >= 15 is 0 Å². The molecule has 2 fully saturated rings. The van der Waals surface area contributed by atoms with Gasteiger partial charge in [0, 0.05) is 6.42 Å². The summed E-state index contributed by atoms with van der Waals surface area (Å²) in [5, 5.41) is 87.7. The molecule has 14 heteroatoms. The highest BCUT2D eigenvalue weighted by Crippen LogP contribution is 2.30. The molecule has 2 aliphatic rings. The largest absolute Gasteiger partial charge is 0.394 e. The number of carbonyl (C=O) groups excluding carboxylic acids is 1. The first-order valence-electron chi connectivity index (χ1n) is 40.9. The second-order valence-electron chi connectivity index (χ2n) is 28.9. The molecule has 12 unspecified atom stereocenters. The Kier molecular flexibility index (Phi) is 62.1. The van der Waals surface area contributed by atoms with Gasteiger partial charge >= 0.3 is 0 Å². The number of hydrogen-bond donors (Lipinski definition) is 9. The number of nitrogens with one attached hydrogen (secondary N) is 1. The van der Waals surface area contributed by atoms with Gasteiger partial charge in [-0.1, -0.05) is 358 Å². The van der Waals surface area contributed by atoms with E-state index in [0.717, 1.165) is 51.4 Å². The van der Waals surface area contributed by atoms with E-state index < -0.39 is 86.8 Å². The van der Waals surface area contributed by atoms with E-state index in [1.165, 1.54) is 295 Å². The summed E-state index contributed by atoms with van der Waals surface area (Å²) in [5.74, 6) is -0.235. The zero-order valence-electron chi connectivity index (χ0n) is 61.9. The van der Waals surface area contributed by atoms with E-state index in [1.54, 1.807) is 6.08 Å². The van der Waals surface area contributed by atoms with Crippen LogP contribution in [0.1, 0.15) is 373 Å². The monoisotopic (exact) mass is 1360 g/mol. The molecule has 2 rings (SSSR count). The molecule has 0 aliphatic carbocycles. The Hall–Kier alpha value is -2.05. The molecule has 12 atom stereocenters. The van der Waals surface area contributed by atoms with Crippen LogP contribution in [0.2, 0.25) is 0 Å². The number of allylic oxidation sites excluding steroid dienone is 7. The van der Waals surface area contributed by atoms with Crippen LogP contribution in [-0.4, -0.2) is 140 Å². The maximum Gasteiger partial charge on any atom is 0.220 e. The molecule has 0 aromatic heterocycles. The van der Waals surface area contributed by atoms with Crippen LogP contribution in [-0.2, 0) is 23.7 Å². The SMILES string of the molecule is CCCCCCC/C=C\C/C=C\C/C=C\CCCCCCCCCCCCCCCCC(=O)NC(COC1OC(CO)C(OC2OC(CO)C(O)C(O)C2O)C(O)C1O)C(O)/C=C/CCCCCCCCCCCCCCCCCCCCCCCCCCCCCCCCC. The third-order valence-corrected chi connectivity index (χ3v) is 20.0. The molecule has 2 heterocycles. The number of unbranched alkanes of at least 4 members (excludes halogenated alkanes) is 50. The van der Waals surface area contributed by atoms with Gasteiger partial charge in [-0.25, -0.2) is 0 Å². The summed E-state index contributed by atoms with van der Waals surface area (Å²) < 4.78 is 22.9. The van der Waals surface area contributed by atoms with Crippen molar-refractivity contribution in [3.8, 4) is 0 Å². The quantitative estimate of drug-likeness (QED) is 0.0204. The lowest BCUT2D eigenvalue weighted by atomic mass is 9.97. The van der Waals surface area contributed by atoms with E-state index in [0.29, 0.717) is 6.42 Å². The molecule has 0 radical (unpaired) electrons. The van der Waals surface area contributed by atoms with E-state index in [1.807, 2.05) is 6.08 Å². The van der Waals surface area contributed by atoms with Crippen molar-refractivity contribution in [3.05, 3.63) is 48.6 Å². The Labute approximate surface area is 588 Å². The summed E-state index contributed by atoms with van der Waals surface area (Å²) in [6.07, 6.45) is 71.9. The van der Waals surface area contributed by atoms with Gasteiger partial charge < -0.3 is 65.1 Å². The molecular weight excluding hydrogens is 1210 g/mol. The van der Waals surface area contributed by atoms with Crippen LogP contribution in [0.15, 0.2) is 48.6 Å². The maximum atomic E-state index is 13.4. The van der Waals surface area contributed by atoms with Crippen LogP contribution in [0.25, 0.3) is 0 Å². The third kappa shape index (κ3) is 48.7. The maximum absolute atomic E-state index is 13.4. The fraction of sp³-hybridized carbons (Fsp3) is 0.890. The fourth-order valence-electron chi connectivity index (χ4n) is 13.5. The van der Waals surface area contributed by atoms with Crippen LogP contribution in [0.5, 0.6) is 0 Å². The van der Waals surface area contributed by atoms with Crippen molar-refractivity contribution in [2.45, 2.75) is 447 Å². The second kappa shape index (κ2) is 66.2. The summed E-state index contributed by atoms with van der Waals surface area (Å²) >= 11 is 0. The standard InChI is InChI=1S/C82H153NO13/c1-3-5-7-9-11-13-15-17-19-21-23-25-27-29-31-33-34-35-36-38-39-41-43-45-47-49-51-53-55-57-59-61-63-65-71(86)70(69-93-81-79(92)77(90)80(73(68-85)95-81)96-82-78(91)76(89)75(88)72(67-84)94-82)83-74(87)66-64-62-60-58-56-54-52-50-48-46-44-42-40-37-32-30-28-26-24-22-20-18-16-14-12-10-8-6-4-2/h16,18,22,24,28,30,63,65,70-73,75-82,84-86,88-92H,3-15,17,19-21,23,25-27,29,31-62,64,66-69H2,1-2H3,(H,83,87)/b18-16-,24-22-,30-28-,65-63+. The predicted octanol–water partition coefficient (Wildman–Crippen LogP) is 18.6. The summed E-state index contributed by atoms with van der Waals surface area (Å²) in [7, 11) is 0. The summed E-state index contributed by atoms with van der Waals surface area (Å²) in [6.45, 7) is 2.85. The topological polar surface area (TPSA) is 228 Å². The summed E-state index contributed by atoms with van der Waals surface area (Å²) in [6, 6.07) is -0.918. The lowest BCUT2D eigenvalue weighted by Gasteiger charge is -2.46. The van der Waals surface area contributed by atoms with Crippen molar-refractivity contribution in [1.82, 2.24) is 5.32 Å². The second-order valence-corrected chi connectivity index (χ2v) is 28.9. The van der Waals surface area contributed by atoms with Crippen molar-refractivity contribution in [2.75, 3.05) is 19.8 Å². The number of carbonyl (C=O) groups is 1. The number of aliphatic hydroxyl groups excluding tert-OH is 8.